The second-order valence-corrected chi connectivity index (χ2v) is 8.13. The van der Waals surface area contributed by atoms with Crippen LogP contribution < -0.4 is 0 Å². The molecule has 6 heteroatoms. The van der Waals surface area contributed by atoms with Crippen LogP contribution in [-0.4, -0.2) is 32.3 Å². The number of benzene rings is 1. The number of halogens is 1. The van der Waals surface area contributed by atoms with Crippen LogP contribution in [0, 0.1) is 11.8 Å². The third-order valence-corrected chi connectivity index (χ3v) is 5.77. The molecular weight excluding hydrogens is 298 g/mol. The number of carbonyl (C=O) groups excluding carboxylic acids is 1. The highest BCUT2D eigenvalue weighted by Gasteiger charge is 2.39. The Labute approximate surface area is 123 Å². The van der Waals surface area contributed by atoms with E-state index in [1.54, 1.807) is 17.0 Å². The average molecular weight is 314 g/mol. The molecule has 0 radical (unpaired) electrons. The Balaban J connectivity index is 1.89. The van der Waals surface area contributed by atoms with Crippen LogP contribution in [-0.2, 0) is 9.05 Å². The number of likely N-dealkylation sites (tertiary alicyclic amines) is 1. The Morgan fingerprint density at radius 2 is 1.75 bits per heavy atom. The van der Waals surface area contributed by atoms with Crippen LogP contribution in [0.4, 0.5) is 0 Å². The standard InChI is InChI=1S/C14H16ClNO3S/c15-20(18,19)13-7-2-1-6-12(13)14(17)16-8-10-4-3-5-11(10)9-16/h1-2,6-7,10-11H,3-5,8-9H2. The smallest absolute Gasteiger partial charge is 0.262 e. The Kier molecular flexibility index (Phi) is 3.50. The minimum absolute atomic E-state index is 0.0938. The first-order chi connectivity index (χ1) is 9.47. The van der Waals surface area contributed by atoms with Gasteiger partial charge < -0.3 is 4.90 Å². The molecule has 108 valence electrons. The van der Waals surface area contributed by atoms with Crippen LogP contribution in [0.1, 0.15) is 29.6 Å². The van der Waals surface area contributed by atoms with Gasteiger partial charge >= 0.3 is 0 Å². The zero-order valence-electron chi connectivity index (χ0n) is 11.0. The quantitative estimate of drug-likeness (QED) is 0.788. The van der Waals surface area contributed by atoms with Gasteiger partial charge in [-0.2, -0.15) is 0 Å². The molecule has 1 aliphatic carbocycles. The third kappa shape index (κ3) is 2.44. The molecule has 1 aromatic carbocycles. The third-order valence-electron chi connectivity index (χ3n) is 4.39. The number of amides is 1. The van der Waals surface area contributed by atoms with E-state index in [1.807, 2.05) is 0 Å². The van der Waals surface area contributed by atoms with Crippen molar-refractivity contribution in [2.45, 2.75) is 24.2 Å². The van der Waals surface area contributed by atoms with E-state index in [9.17, 15) is 13.2 Å². The van der Waals surface area contributed by atoms with Gasteiger partial charge in [0.25, 0.3) is 15.0 Å². The largest absolute Gasteiger partial charge is 0.338 e. The molecule has 4 nitrogen and oxygen atoms in total. The number of hydrogen-bond acceptors (Lipinski definition) is 3. The fourth-order valence-electron chi connectivity index (χ4n) is 3.43. The van der Waals surface area contributed by atoms with Gasteiger partial charge in [-0.1, -0.05) is 18.6 Å². The van der Waals surface area contributed by atoms with Crippen LogP contribution in [0.2, 0.25) is 0 Å². The van der Waals surface area contributed by atoms with E-state index in [-0.39, 0.29) is 16.4 Å². The molecule has 1 saturated heterocycles. The molecule has 2 atom stereocenters. The molecule has 0 aromatic heterocycles. The van der Waals surface area contributed by atoms with E-state index in [1.165, 1.54) is 31.4 Å². The maximum atomic E-state index is 12.5. The number of nitrogens with zero attached hydrogens (tertiary/aromatic N) is 1. The molecule has 2 aliphatic rings. The van der Waals surface area contributed by atoms with Crippen molar-refractivity contribution in [3.8, 4) is 0 Å². The maximum Gasteiger partial charge on any atom is 0.262 e. The first-order valence-corrected chi connectivity index (χ1v) is 9.10. The lowest BCUT2D eigenvalue weighted by atomic mass is 10.0. The zero-order valence-corrected chi connectivity index (χ0v) is 12.5. The number of carbonyl (C=O) groups is 1. The minimum atomic E-state index is -3.90. The summed E-state index contributed by atoms with van der Waals surface area (Å²) in [7, 11) is 1.51. The molecule has 1 heterocycles. The Hall–Kier alpha value is -1.07. The molecule has 2 fully saturated rings. The fourth-order valence-corrected chi connectivity index (χ4v) is 4.49. The lowest BCUT2D eigenvalue weighted by Gasteiger charge is -2.18. The first kappa shape index (κ1) is 13.9. The Morgan fingerprint density at radius 3 is 2.35 bits per heavy atom. The van der Waals surface area contributed by atoms with Gasteiger partial charge in [-0.25, -0.2) is 8.42 Å². The molecule has 0 spiro atoms. The Morgan fingerprint density at radius 1 is 1.15 bits per heavy atom. The van der Waals surface area contributed by atoms with Gasteiger partial charge in [-0.05, 0) is 36.8 Å². The van der Waals surface area contributed by atoms with Crippen molar-refractivity contribution < 1.29 is 13.2 Å². The summed E-state index contributed by atoms with van der Waals surface area (Å²) in [6.07, 6.45) is 3.58. The summed E-state index contributed by atoms with van der Waals surface area (Å²) < 4.78 is 23.1. The SMILES string of the molecule is O=C(c1ccccc1S(=O)(=O)Cl)N1CC2CCCC2C1. The molecule has 0 bridgehead atoms. The lowest BCUT2D eigenvalue weighted by Crippen LogP contribution is -2.30. The monoisotopic (exact) mass is 313 g/mol. The first-order valence-electron chi connectivity index (χ1n) is 6.80. The van der Waals surface area contributed by atoms with Gasteiger partial charge in [0.2, 0.25) is 0 Å². The van der Waals surface area contributed by atoms with Gasteiger partial charge in [-0.3, -0.25) is 4.79 Å². The predicted octanol–water partition coefficient (Wildman–Crippen LogP) is 2.49. The fraction of sp³-hybridized carbons (Fsp3) is 0.500. The van der Waals surface area contributed by atoms with Gasteiger partial charge in [-0.15, -0.1) is 0 Å². The second-order valence-electron chi connectivity index (χ2n) is 5.60. The predicted molar refractivity (Wildman–Crippen MR) is 76.2 cm³/mol. The highest BCUT2D eigenvalue weighted by atomic mass is 35.7. The summed E-state index contributed by atoms with van der Waals surface area (Å²) in [4.78, 5) is 14.2. The van der Waals surface area contributed by atoms with Crippen molar-refractivity contribution in [2.75, 3.05) is 13.1 Å². The summed E-state index contributed by atoms with van der Waals surface area (Å²) in [6.45, 7) is 1.47. The Bertz CT molecular complexity index is 632. The number of rotatable bonds is 2. The lowest BCUT2D eigenvalue weighted by molar-refractivity contribution is 0.0777. The molecule has 0 N–H and O–H groups in total. The van der Waals surface area contributed by atoms with Crippen molar-refractivity contribution in [3.05, 3.63) is 29.8 Å². The van der Waals surface area contributed by atoms with Crippen LogP contribution in [0.25, 0.3) is 0 Å². The summed E-state index contributed by atoms with van der Waals surface area (Å²) in [5.74, 6) is 0.941. The molecule has 1 aliphatic heterocycles. The highest BCUT2D eigenvalue weighted by molar-refractivity contribution is 8.13. The summed E-state index contributed by atoms with van der Waals surface area (Å²) in [6, 6.07) is 6.15. The van der Waals surface area contributed by atoms with E-state index in [4.69, 9.17) is 10.7 Å². The molecule has 1 saturated carbocycles. The minimum Gasteiger partial charge on any atom is -0.338 e. The maximum absolute atomic E-state index is 12.5. The van der Waals surface area contributed by atoms with E-state index in [0.29, 0.717) is 11.8 Å². The van der Waals surface area contributed by atoms with E-state index in [0.717, 1.165) is 13.1 Å². The van der Waals surface area contributed by atoms with Gasteiger partial charge in [0.15, 0.2) is 0 Å². The van der Waals surface area contributed by atoms with E-state index in [2.05, 4.69) is 0 Å². The van der Waals surface area contributed by atoms with Crippen LogP contribution in [0.5, 0.6) is 0 Å². The van der Waals surface area contributed by atoms with E-state index >= 15 is 0 Å². The molecule has 3 rings (SSSR count). The van der Waals surface area contributed by atoms with Crippen LogP contribution >= 0.6 is 10.7 Å². The van der Waals surface area contributed by atoms with Crippen molar-refractivity contribution in [1.29, 1.82) is 0 Å². The van der Waals surface area contributed by atoms with Gasteiger partial charge in [0.1, 0.15) is 0 Å². The normalized spacial score (nSPS) is 25.8. The van der Waals surface area contributed by atoms with Crippen molar-refractivity contribution in [1.82, 2.24) is 4.90 Å². The molecule has 1 amide bonds. The molecule has 2 unspecified atom stereocenters. The summed E-state index contributed by atoms with van der Waals surface area (Å²) in [5, 5.41) is 0. The highest BCUT2D eigenvalue weighted by Crippen LogP contribution is 2.38. The van der Waals surface area contributed by atoms with Gasteiger partial charge in [0, 0.05) is 23.8 Å². The van der Waals surface area contributed by atoms with Crippen molar-refractivity contribution in [3.63, 3.8) is 0 Å². The number of fused-ring (bicyclic) bond motifs is 1. The van der Waals surface area contributed by atoms with Crippen molar-refractivity contribution >= 4 is 25.6 Å². The van der Waals surface area contributed by atoms with Gasteiger partial charge in [0.05, 0.1) is 10.5 Å². The second kappa shape index (κ2) is 5.04. The van der Waals surface area contributed by atoms with E-state index < -0.39 is 9.05 Å². The number of hydrogen-bond donors (Lipinski definition) is 0. The summed E-state index contributed by atoms with van der Waals surface area (Å²) >= 11 is 0. The molecule has 1 aromatic rings. The topological polar surface area (TPSA) is 54.5 Å². The van der Waals surface area contributed by atoms with Crippen LogP contribution in [0.3, 0.4) is 0 Å². The summed E-state index contributed by atoms with van der Waals surface area (Å²) in [5.41, 5.74) is 0.183. The van der Waals surface area contributed by atoms with Crippen LogP contribution in [0.15, 0.2) is 29.2 Å². The van der Waals surface area contributed by atoms with Crippen molar-refractivity contribution in [2.24, 2.45) is 11.8 Å². The average Bonchev–Trinajstić information content (AvgIpc) is 2.97. The molecular formula is C14H16ClNO3S. The molecule has 20 heavy (non-hydrogen) atoms. The zero-order chi connectivity index (χ0) is 14.3.